The molecule has 1 aromatic rings. The van der Waals surface area contributed by atoms with Gasteiger partial charge in [-0.3, -0.25) is 0 Å². The van der Waals surface area contributed by atoms with Gasteiger partial charge in [-0.05, 0) is 31.7 Å². The van der Waals surface area contributed by atoms with E-state index in [9.17, 15) is 5.11 Å². The molecule has 1 heterocycles. The number of piperidine rings is 1. The van der Waals surface area contributed by atoms with Crippen LogP contribution in [-0.2, 0) is 0 Å². The predicted molar refractivity (Wildman–Crippen MR) is 76.9 cm³/mol. The van der Waals surface area contributed by atoms with Crippen LogP contribution in [0, 0.1) is 5.92 Å². The standard InChI is InChI=1S/C16H25NO/c1-3-6-14-9-11-17(12-10-14)16-8-5-4-7-15(16)13(2)18/h4-5,7-8,13-14,18H,3,6,9-12H2,1-2H3/t13-/m0/s1. The lowest BCUT2D eigenvalue weighted by atomic mass is 9.92. The molecule has 0 aromatic heterocycles. The first kappa shape index (κ1) is 13.4. The molecule has 1 fully saturated rings. The van der Waals surface area contributed by atoms with Crippen molar-refractivity contribution in [2.24, 2.45) is 5.92 Å². The maximum Gasteiger partial charge on any atom is 0.0781 e. The van der Waals surface area contributed by atoms with Crippen molar-refractivity contribution in [1.82, 2.24) is 0 Å². The molecule has 0 unspecified atom stereocenters. The molecular weight excluding hydrogens is 222 g/mol. The van der Waals surface area contributed by atoms with Crippen LogP contribution in [0.15, 0.2) is 24.3 Å². The molecule has 2 heteroatoms. The van der Waals surface area contributed by atoms with Crippen LogP contribution in [0.1, 0.15) is 51.2 Å². The summed E-state index contributed by atoms with van der Waals surface area (Å²) in [5, 5.41) is 9.84. The Bertz CT molecular complexity index is 367. The highest BCUT2D eigenvalue weighted by Gasteiger charge is 2.21. The Balaban J connectivity index is 2.05. The first-order valence-electron chi connectivity index (χ1n) is 7.24. The first-order valence-corrected chi connectivity index (χ1v) is 7.24. The molecule has 1 atom stereocenters. The van der Waals surface area contributed by atoms with E-state index in [4.69, 9.17) is 0 Å². The molecular formula is C16H25NO. The Labute approximate surface area is 111 Å². The van der Waals surface area contributed by atoms with Gasteiger partial charge in [-0.25, -0.2) is 0 Å². The molecule has 1 N–H and O–H groups in total. The van der Waals surface area contributed by atoms with Gasteiger partial charge in [-0.15, -0.1) is 0 Å². The van der Waals surface area contributed by atoms with Gasteiger partial charge in [0.15, 0.2) is 0 Å². The monoisotopic (exact) mass is 247 g/mol. The van der Waals surface area contributed by atoms with Crippen LogP contribution < -0.4 is 4.90 Å². The summed E-state index contributed by atoms with van der Waals surface area (Å²) < 4.78 is 0. The third-order valence-electron chi connectivity index (χ3n) is 4.04. The highest BCUT2D eigenvalue weighted by atomic mass is 16.3. The number of rotatable bonds is 4. The van der Waals surface area contributed by atoms with E-state index in [1.165, 1.54) is 31.4 Å². The van der Waals surface area contributed by atoms with Crippen LogP contribution in [0.25, 0.3) is 0 Å². The van der Waals surface area contributed by atoms with Crippen molar-refractivity contribution in [3.63, 3.8) is 0 Å². The van der Waals surface area contributed by atoms with Gasteiger partial charge in [-0.2, -0.15) is 0 Å². The van der Waals surface area contributed by atoms with E-state index in [-0.39, 0.29) is 6.10 Å². The van der Waals surface area contributed by atoms with Crippen molar-refractivity contribution >= 4 is 5.69 Å². The van der Waals surface area contributed by atoms with Crippen molar-refractivity contribution < 1.29 is 5.11 Å². The maximum absolute atomic E-state index is 9.84. The van der Waals surface area contributed by atoms with E-state index < -0.39 is 0 Å². The van der Waals surface area contributed by atoms with Crippen LogP contribution in [0.4, 0.5) is 5.69 Å². The second-order valence-corrected chi connectivity index (χ2v) is 5.45. The van der Waals surface area contributed by atoms with E-state index in [0.717, 1.165) is 24.6 Å². The number of hydrogen-bond donors (Lipinski definition) is 1. The highest BCUT2D eigenvalue weighted by Crippen LogP contribution is 2.30. The van der Waals surface area contributed by atoms with Gasteiger partial charge >= 0.3 is 0 Å². The van der Waals surface area contributed by atoms with Gasteiger partial charge in [0.05, 0.1) is 6.10 Å². The molecule has 0 saturated carbocycles. The van der Waals surface area contributed by atoms with Gasteiger partial charge < -0.3 is 10.0 Å². The average Bonchev–Trinajstić information content (AvgIpc) is 2.40. The zero-order valence-corrected chi connectivity index (χ0v) is 11.6. The molecule has 1 aliphatic heterocycles. The molecule has 1 saturated heterocycles. The minimum absolute atomic E-state index is 0.380. The summed E-state index contributed by atoms with van der Waals surface area (Å²) in [7, 11) is 0. The van der Waals surface area contributed by atoms with Crippen molar-refractivity contribution in [3.8, 4) is 0 Å². The number of para-hydroxylation sites is 1. The van der Waals surface area contributed by atoms with Gasteiger partial charge in [0.25, 0.3) is 0 Å². The van der Waals surface area contributed by atoms with Crippen LogP contribution in [0.3, 0.4) is 0 Å². The third kappa shape index (κ3) is 3.05. The smallest absolute Gasteiger partial charge is 0.0781 e. The van der Waals surface area contributed by atoms with Gasteiger partial charge in [-0.1, -0.05) is 38.0 Å². The topological polar surface area (TPSA) is 23.5 Å². The van der Waals surface area contributed by atoms with Crippen LogP contribution in [-0.4, -0.2) is 18.2 Å². The van der Waals surface area contributed by atoms with Crippen molar-refractivity contribution in [1.29, 1.82) is 0 Å². The summed E-state index contributed by atoms with van der Waals surface area (Å²) in [6, 6.07) is 8.26. The molecule has 0 spiro atoms. The SMILES string of the molecule is CCCC1CCN(c2ccccc2[C@H](C)O)CC1. The number of aliphatic hydroxyl groups excluding tert-OH is 1. The van der Waals surface area contributed by atoms with Crippen molar-refractivity contribution in [3.05, 3.63) is 29.8 Å². The van der Waals surface area contributed by atoms with E-state index in [0.29, 0.717) is 0 Å². The molecule has 0 radical (unpaired) electrons. The van der Waals surface area contributed by atoms with E-state index >= 15 is 0 Å². The molecule has 0 aliphatic carbocycles. The molecule has 18 heavy (non-hydrogen) atoms. The summed E-state index contributed by atoms with van der Waals surface area (Å²) in [5.41, 5.74) is 2.29. The zero-order chi connectivity index (χ0) is 13.0. The normalized spacial score (nSPS) is 18.9. The zero-order valence-electron chi connectivity index (χ0n) is 11.6. The van der Waals surface area contributed by atoms with E-state index in [1.54, 1.807) is 0 Å². The second-order valence-electron chi connectivity index (χ2n) is 5.45. The van der Waals surface area contributed by atoms with Gasteiger partial charge in [0.2, 0.25) is 0 Å². The summed E-state index contributed by atoms with van der Waals surface area (Å²) in [6.45, 7) is 6.39. The van der Waals surface area contributed by atoms with E-state index in [1.807, 2.05) is 19.1 Å². The van der Waals surface area contributed by atoms with Crippen molar-refractivity contribution in [2.45, 2.75) is 45.6 Å². The fraction of sp³-hybridized carbons (Fsp3) is 0.625. The minimum Gasteiger partial charge on any atom is -0.389 e. The van der Waals surface area contributed by atoms with Crippen LogP contribution in [0.5, 0.6) is 0 Å². The fourth-order valence-electron chi connectivity index (χ4n) is 3.00. The van der Waals surface area contributed by atoms with Gasteiger partial charge in [0.1, 0.15) is 0 Å². The average molecular weight is 247 g/mol. The fourth-order valence-corrected chi connectivity index (χ4v) is 3.00. The molecule has 2 rings (SSSR count). The molecule has 0 bridgehead atoms. The Morgan fingerprint density at radius 3 is 2.56 bits per heavy atom. The molecule has 2 nitrogen and oxygen atoms in total. The summed E-state index contributed by atoms with van der Waals surface area (Å²) in [5.74, 6) is 0.907. The molecule has 1 aromatic carbocycles. The summed E-state index contributed by atoms with van der Waals surface area (Å²) in [4.78, 5) is 2.44. The predicted octanol–water partition coefficient (Wildman–Crippen LogP) is 3.76. The largest absolute Gasteiger partial charge is 0.389 e. The minimum atomic E-state index is -0.380. The molecule has 0 amide bonds. The lowest BCUT2D eigenvalue weighted by molar-refractivity contribution is 0.199. The highest BCUT2D eigenvalue weighted by molar-refractivity contribution is 5.54. The van der Waals surface area contributed by atoms with Crippen molar-refractivity contribution in [2.75, 3.05) is 18.0 Å². The number of anilines is 1. The molecule has 1 aliphatic rings. The van der Waals surface area contributed by atoms with Crippen LogP contribution >= 0.6 is 0 Å². The number of hydrogen-bond acceptors (Lipinski definition) is 2. The lowest BCUT2D eigenvalue weighted by Gasteiger charge is -2.35. The lowest BCUT2D eigenvalue weighted by Crippen LogP contribution is -2.34. The quantitative estimate of drug-likeness (QED) is 0.875. The second kappa shape index (κ2) is 6.24. The third-order valence-corrected chi connectivity index (χ3v) is 4.04. The van der Waals surface area contributed by atoms with E-state index in [2.05, 4.69) is 24.0 Å². The Hall–Kier alpha value is -1.02. The Kier molecular flexibility index (Phi) is 4.65. The number of aliphatic hydroxyl groups is 1. The van der Waals surface area contributed by atoms with Crippen LogP contribution in [0.2, 0.25) is 0 Å². The van der Waals surface area contributed by atoms with Gasteiger partial charge in [0, 0.05) is 24.3 Å². The maximum atomic E-state index is 9.84. The summed E-state index contributed by atoms with van der Waals surface area (Å²) >= 11 is 0. The Morgan fingerprint density at radius 2 is 1.94 bits per heavy atom. The molecule has 100 valence electrons. The summed E-state index contributed by atoms with van der Waals surface area (Å²) in [6.07, 6.45) is 4.87. The Morgan fingerprint density at radius 1 is 1.28 bits per heavy atom. The number of nitrogens with zero attached hydrogens (tertiary/aromatic N) is 1. The number of benzene rings is 1. The first-order chi connectivity index (χ1) is 8.72.